The molecule has 0 bridgehead atoms. The van der Waals surface area contributed by atoms with Gasteiger partial charge in [0.2, 0.25) is 0 Å². The van der Waals surface area contributed by atoms with Crippen LogP contribution in [0.2, 0.25) is 0 Å². The number of carboxylic acid groups (broad SMARTS) is 1. The molecule has 0 spiro atoms. The lowest BCUT2D eigenvalue weighted by Gasteiger charge is -2.38. The van der Waals surface area contributed by atoms with Gasteiger partial charge in [0, 0.05) is 12.8 Å². The maximum absolute atomic E-state index is 12.8. The Hall–Kier alpha value is -2.83. The van der Waals surface area contributed by atoms with Gasteiger partial charge in [-0.15, -0.1) is 0 Å². The van der Waals surface area contributed by atoms with Gasteiger partial charge in [0.25, 0.3) is 0 Å². The Morgan fingerprint density at radius 1 is 0.533 bits per heavy atom. The topological polar surface area (TPSA) is 169 Å². The molecule has 0 aromatic rings. The molecule has 0 aromatic heterocycles. The van der Waals surface area contributed by atoms with Gasteiger partial charge in [-0.3, -0.25) is 9.59 Å². The van der Waals surface area contributed by atoms with E-state index >= 15 is 0 Å². The number of allylic oxidation sites excluding steroid dienone is 8. The number of aliphatic hydroxyl groups is 3. The molecule has 0 aromatic carbocycles. The van der Waals surface area contributed by atoms with Crippen molar-refractivity contribution in [2.45, 2.75) is 230 Å². The summed E-state index contributed by atoms with van der Waals surface area (Å²) in [5.74, 6) is -2.46. The van der Waals surface area contributed by atoms with Gasteiger partial charge in [0.15, 0.2) is 18.5 Å². The number of carboxylic acids is 1. The minimum Gasteiger partial charge on any atom is -0.479 e. The van der Waals surface area contributed by atoms with Crippen molar-refractivity contribution in [3.05, 3.63) is 48.6 Å². The molecule has 6 unspecified atom stereocenters. The number of aliphatic carboxylic acids is 1. The van der Waals surface area contributed by atoms with E-state index in [0.29, 0.717) is 12.8 Å². The summed E-state index contributed by atoms with van der Waals surface area (Å²) in [6.07, 6.45) is 37.3. The highest BCUT2D eigenvalue weighted by molar-refractivity contribution is 5.73. The second-order valence-corrected chi connectivity index (χ2v) is 16.2. The van der Waals surface area contributed by atoms with Gasteiger partial charge in [0.1, 0.15) is 24.9 Å². The lowest BCUT2D eigenvalue weighted by atomic mass is 9.99. The second-order valence-electron chi connectivity index (χ2n) is 16.2. The van der Waals surface area contributed by atoms with Crippen LogP contribution in [0, 0.1) is 0 Å². The van der Waals surface area contributed by atoms with Gasteiger partial charge in [-0.25, -0.2) is 4.79 Å². The summed E-state index contributed by atoms with van der Waals surface area (Å²) < 4.78 is 21.8. The fourth-order valence-corrected chi connectivity index (χ4v) is 6.99. The Morgan fingerprint density at radius 2 is 0.983 bits per heavy atom. The number of carbonyl (C=O) groups is 3. The first-order valence-electron chi connectivity index (χ1n) is 23.7. The highest BCUT2D eigenvalue weighted by Crippen LogP contribution is 2.23. The molecule has 6 atom stereocenters. The number of carbonyl (C=O) groups excluding carboxylic acids is 2. The molecule has 1 aliphatic rings. The molecule has 1 heterocycles. The van der Waals surface area contributed by atoms with Crippen LogP contribution in [0.5, 0.6) is 0 Å². The molecule has 346 valence electrons. The normalized spacial score (nSPS) is 20.2. The molecule has 11 heteroatoms. The van der Waals surface area contributed by atoms with E-state index in [0.717, 1.165) is 83.5 Å². The average Bonchev–Trinajstić information content (AvgIpc) is 3.23. The summed E-state index contributed by atoms with van der Waals surface area (Å²) in [4.78, 5) is 36.9. The second kappa shape index (κ2) is 39.0. The predicted molar refractivity (Wildman–Crippen MR) is 238 cm³/mol. The van der Waals surface area contributed by atoms with E-state index in [4.69, 9.17) is 18.9 Å². The molecule has 1 aliphatic heterocycles. The molecule has 1 rings (SSSR count). The van der Waals surface area contributed by atoms with Crippen molar-refractivity contribution in [2.75, 3.05) is 13.2 Å². The number of aliphatic hydroxyl groups excluding tert-OH is 3. The molecular formula is C49H84O11. The monoisotopic (exact) mass is 849 g/mol. The minimum absolute atomic E-state index is 0.181. The van der Waals surface area contributed by atoms with Crippen LogP contribution in [0.4, 0.5) is 0 Å². The van der Waals surface area contributed by atoms with E-state index in [1.54, 1.807) is 0 Å². The summed E-state index contributed by atoms with van der Waals surface area (Å²) in [5.41, 5.74) is 0. The third kappa shape index (κ3) is 30.2. The number of ether oxygens (including phenoxy) is 4. The molecule has 0 radical (unpaired) electrons. The van der Waals surface area contributed by atoms with Gasteiger partial charge in [-0.1, -0.05) is 178 Å². The molecule has 0 saturated carbocycles. The maximum Gasteiger partial charge on any atom is 0.335 e. The van der Waals surface area contributed by atoms with Crippen molar-refractivity contribution in [2.24, 2.45) is 0 Å². The molecule has 0 aliphatic carbocycles. The average molecular weight is 849 g/mol. The third-order valence-corrected chi connectivity index (χ3v) is 10.7. The number of esters is 2. The third-order valence-electron chi connectivity index (χ3n) is 10.7. The highest BCUT2D eigenvalue weighted by atomic mass is 16.7. The Balaban J connectivity index is 2.35. The van der Waals surface area contributed by atoms with Crippen molar-refractivity contribution >= 4 is 17.9 Å². The maximum atomic E-state index is 12.8. The lowest BCUT2D eigenvalue weighted by molar-refractivity contribution is -0.298. The summed E-state index contributed by atoms with van der Waals surface area (Å²) in [5, 5.41) is 39.9. The first-order valence-corrected chi connectivity index (χ1v) is 23.7. The van der Waals surface area contributed by atoms with Crippen molar-refractivity contribution in [1.29, 1.82) is 0 Å². The Kier molecular flexibility index (Phi) is 35.9. The first kappa shape index (κ1) is 55.2. The number of rotatable bonds is 39. The molecular weight excluding hydrogens is 765 g/mol. The summed E-state index contributed by atoms with van der Waals surface area (Å²) in [7, 11) is 0. The lowest BCUT2D eigenvalue weighted by Crippen LogP contribution is -2.60. The van der Waals surface area contributed by atoms with E-state index in [-0.39, 0.29) is 19.4 Å². The van der Waals surface area contributed by atoms with Gasteiger partial charge in [-0.05, 0) is 51.4 Å². The number of hydrogen-bond acceptors (Lipinski definition) is 10. The van der Waals surface area contributed by atoms with Crippen LogP contribution in [-0.4, -0.2) is 88.4 Å². The Labute approximate surface area is 363 Å². The zero-order valence-corrected chi connectivity index (χ0v) is 37.4. The van der Waals surface area contributed by atoms with Crippen molar-refractivity contribution in [3.8, 4) is 0 Å². The van der Waals surface area contributed by atoms with E-state index in [1.165, 1.54) is 70.6 Å². The van der Waals surface area contributed by atoms with E-state index in [9.17, 15) is 34.8 Å². The molecule has 1 saturated heterocycles. The van der Waals surface area contributed by atoms with Crippen LogP contribution in [0.1, 0.15) is 194 Å². The minimum atomic E-state index is -1.86. The molecule has 4 N–H and O–H groups in total. The van der Waals surface area contributed by atoms with Crippen molar-refractivity contribution in [1.82, 2.24) is 0 Å². The summed E-state index contributed by atoms with van der Waals surface area (Å²) >= 11 is 0. The van der Waals surface area contributed by atoms with Crippen LogP contribution < -0.4 is 0 Å². The van der Waals surface area contributed by atoms with Crippen LogP contribution in [-0.2, 0) is 33.3 Å². The number of unbranched alkanes of at least 4 members (excludes halogenated alkanes) is 20. The molecule has 60 heavy (non-hydrogen) atoms. The van der Waals surface area contributed by atoms with Crippen molar-refractivity contribution in [3.63, 3.8) is 0 Å². The number of hydrogen-bond donors (Lipinski definition) is 4. The quantitative estimate of drug-likeness (QED) is 0.0264. The Morgan fingerprint density at radius 3 is 1.48 bits per heavy atom. The van der Waals surface area contributed by atoms with Crippen LogP contribution in [0.25, 0.3) is 0 Å². The van der Waals surface area contributed by atoms with E-state index in [2.05, 4.69) is 62.5 Å². The molecule has 11 nitrogen and oxygen atoms in total. The SMILES string of the molecule is CC/C=C\C/C=C\C/C=C\C/C=C\CCCCCCCCC(=O)OCC(COC1OC(C(=O)O)C(O)C(O)C1O)OC(=O)CCCCCCCCCCCCCCCCC. The van der Waals surface area contributed by atoms with Crippen LogP contribution in [0.15, 0.2) is 48.6 Å². The van der Waals surface area contributed by atoms with Gasteiger partial charge in [-0.2, -0.15) is 0 Å². The fourth-order valence-electron chi connectivity index (χ4n) is 6.99. The largest absolute Gasteiger partial charge is 0.479 e. The van der Waals surface area contributed by atoms with Crippen molar-refractivity contribution < 1.29 is 53.8 Å². The van der Waals surface area contributed by atoms with Gasteiger partial charge in [0.05, 0.1) is 6.61 Å². The highest BCUT2D eigenvalue weighted by Gasteiger charge is 2.47. The zero-order valence-electron chi connectivity index (χ0n) is 37.4. The van der Waals surface area contributed by atoms with E-state index < -0.39 is 61.3 Å². The van der Waals surface area contributed by atoms with E-state index in [1.807, 2.05) is 0 Å². The summed E-state index contributed by atoms with van der Waals surface area (Å²) in [6.45, 7) is 3.70. The van der Waals surface area contributed by atoms with Crippen LogP contribution >= 0.6 is 0 Å². The van der Waals surface area contributed by atoms with Gasteiger partial charge >= 0.3 is 17.9 Å². The summed E-state index contributed by atoms with van der Waals surface area (Å²) in [6, 6.07) is 0. The van der Waals surface area contributed by atoms with Gasteiger partial charge < -0.3 is 39.4 Å². The zero-order chi connectivity index (χ0) is 43.9. The Bertz CT molecular complexity index is 1180. The molecule has 1 fully saturated rings. The smallest absolute Gasteiger partial charge is 0.335 e. The molecule has 0 amide bonds. The predicted octanol–water partition coefficient (Wildman–Crippen LogP) is 10.5. The van der Waals surface area contributed by atoms with Crippen LogP contribution in [0.3, 0.4) is 0 Å². The standard InChI is InChI=1S/C49H84O11/c1-3-5-7-9-11-13-15-17-19-20-21-22-24-25-27-29-31-33-35-37-42(50)57-39-41(40-58-49-46(54)44(52)45(53)47(60-49)48(55)56)59-43(51)38-36-34-32-30-28-26-23-18-16-14-12-10-8-6-4-2/h5,7,11,13,17,19,21-22,41,44-47,49,52-54H,3-4,6,8-10,12,14-16,18,20,23-40H2,1-2H3,(H,55,56)/b7-5-,13-11-,19-17-,22-21-. The first-order chi connectivity index (χ1) is 29.2. The fraction of sp³-hybridized carbons (Fsp3) is 0.776.